The van der Waals surface area contributed by atoms with Gasteiger partial charge < -0.3 is 14.8 Å². The number of nitrogens with zero attached hydrogens (tertiary/aromatic N) is 2. The van der Waals surface area contributed by atoms with Gasteiger partial charge in [0.15, 0.2) is 11.5 Å². The highest BCUT2D eigenvalue weighted by atomic mass is 16.6. The second-order valence-electron chi connectivity index (χ2n) is 7.15. The molecule has 0 fully saturated rings. The van der Waals surface area contributed by atoms with E-state index in [2.05, 4.69) is 10.4 Å². The third-order valence-electron chi connectivity index (χ3n) is 5.05. The van der Waals surface area contributed by atoms with E-state index < -0.39 is 0 Å². The molecule has 31 heavy (non-hydrogen) atoms. The van der Waals surface area contributed by atoms with Crippen LogP contribution >= 0.6 is 0 Å². The first-order valence-electron chi connectivity index (χ1n) is 9.93. The van der Waals surface area contributed by atoms with E-state index >= 15 is 0 Å². The van der Waals surface area contributed by atoms with E-state index in [0.717, 1.165) is 16.3 Å². The number of aromatic nitrogens is 2. The van der Waals surface area contributed by atoms with Crippen molar-refractivity contribution in [3.8, 4) is 22.8 Å². The van der Waals surface area contributed by atoms with Crippen molar-refractivity contribution in [1.29, 1.82) is 0 Å². The summed E-state index contributed by atoms with van der Waals surface area (Å²) in [6.45, 7) is 0.761. The number of ether oxygens (including phenoxy) is 2. The lowest BCUT2D eigenvalue weighted by Crippen LogP contribution is -2.29. The van der Waals surface area contributed by atoms with E-state index in [0.29, 0.717) is 36.1 Å². The standard InChI is InChI=1S/C24H19N3O4/c28-23(25-17-8-10-21-22(14-17)31-13-12-30-21)15-27-24(29)11-9-20(26-27)19-7-3-5-16-4-1-2-6-18(16)19/h1-11,14H,12-13,15H2,(H,25,28). The van der Waals surface area contributed by atoms with Gasteiger partial charge in [-0.3, -0.25) is 9.59 Å². The molecule has 1 aliphatic heterocycles. The van der Waals surface area contributed by atoms with Gasteiger partial charge in [0.25, 0.3) is 5.56 Å². The van der Waals surface area contributed by atoms with Crippen molar-refractivity contribution in [1.82, 2.24) is 9.78 Å². The van der Waals surface area contributed by atoms with Crippen LogP contribution in [0.25, 0.3) is 22.0 Å². The van der Waals surface area contributed by atoms with Crippen molar-refractivity contribution in [2.75, 3.05) is 18.5 Å². The van der Waals surface area contributed by atoms with E-state index in [-0.39, 0.29) is 18.0 Å². The molecular weight excluding hydrogens is 394 g/mol. The molecule has 0 aliphatic carbocycles. The molecule has 1 aliphatic rings. The normalized spacial score (nSPS) is 12.5. The maximum Gasteiger partial charge on any atom is 0.267 e. The molecule has 0 saturated heterocycles. The van der Waals surface area contributed by atoms with Crippen molar-refractivity contribution in [3.05, 3.63) is 83.2 Å². The third-order valence-corrected chi connectivity index (χ3v) is 5.05. The molecule has 1 aromatic heterocycles. The number of carbonyl (C=O) groups excluding carboxylic acids is 1. The summed E-state index contributed by atoms with van der Waals surface area (Å²) < 4.78 is 12.2. The number of anilines is 1. The van der Waals surface area contributed by atoms with Gasteiger partial charge in [0.05, 0.1) is 5.69 Å². The van der Waals surface area contributed by atoms with Crippen molar-refractivity contribution in [2.24, 2.45) is 0 Å². The minimum atomic E-state index is -0.360. The lowest BCUT2D eigenvalue weighted by molar-refractivity contribution is -0.117. The van der Waals surface area contributed by atoms with E-state index in [9.17, 15) is 9.59 Å². The molecule has 7 nitrogen and oxygen atoms in total. The molecule has 0 radical (unpaired) electrons. The summed E-state index contributed by atoms with van der Waals surface area (Å²) in [5.74, 6) is 0.864. The van der Waals surface area contributed by atoms with E-state index in [1.54, 1.807) is 24.3 Å². The van der Waals surface area contributed by atoms with E-state index in [1.165, 1.54) is 10.7 Å². The van der Waals surface area contributed by atoms with Crippen molar-refractivity contribution in [3.63, 3.8) is 0 Å². The van der Waals surface area contributed by atoms with E-state index in [4.69, 9.17) is 9.47 Å². The lowest BCUT2D eigenvalue weighted by atomic mass is 10.0. The van der Waals surface area contributed by atoms with Crippen LogP contribution in [0.5, 0.6) is 11.5 Å². The molecule has 0 saturated carbocycles. The Kier molecular flexibility index (Phi) is 4.84. The Morgan fingerprint density at radius 2 is 1.74 bits per heavy atom. The highest BCUT2D eigenvalue weighted by Gasteiger charge is 2.14. The number of fused-ring (bicyclic) bond motifs is 2. The summed E-state index contributed by atoms with van der Waals surface area (Å²) in [5, 5.41) is 9.34. The minimum absolute atomic E-state index is 0.202. The molecule has 0 unspecified atom stereocenters. The number of hydrogen-bond acceptors (Lipinski definition) is 5. The first-order valence-corrected chi connectivity index (χ1v) is 9.93. The Bertz CT molecular complexity index is 1340. The number of rotatable bonds is 4. The summed E-state index contributed by atoms with van der Waals surface area (Å²) in [6.07, 6.45) is 0. The Hall–Kier alpha value is -4.13. The third kappa shape index (κ3) is 3.85. The quantitative estimate of drug-likeness (QED) is 0.554. The van der Waals surface area contributed by atoms with Crippen molar-refractivity contribution in [2.45, 2.75) is 6.54 Å². The Morgan fingerprint density at radius 3 is 2.65 bits per heavy atom. The Morgan fingerprint density at radius 1 is 0.935 bits per heavy atom. The minimum Gasteiger partial charge on any atom is -0.486 e. The number of carbonyl (C=O) groups is 1. The van der Waals surface area contributed by atoms with E-state index in [1.807, 2.05) is 42.5 Å². The Labute approximate surface area is 177 Å². The van der Waals surface area contributed by atoms with Gasteiger partial charge in [0.2, 0.25) is 5.91 Å². The molecule has 0 spiro atoms. The monoisotopic (exact) mass is 413 g/mol. The van der Waals surface area contributed by atoms with Gasteiger partial charge in [-0.05, 0) is 29.0 Å². The van der Waals surface area contributed by atoms with Crippen LogP contribution in [0.15, 0.2) is 77.6 Å². The molecule has 5 rings (SSSR count). The fourth-order valence-corrected chi connectivity index (χ4v) is 3.61. The highest BCUT2D eigenvalue weighted by molar-refractivity contribution is 5.95. The average molecular weight is 413 g/mol. The van der Waals surface area contributed by atoms with Gasteiger partial charge in [-0.2, -0.15) is 5.10 Å². The molecule has 0 bridgehead atoms. The summed E-state index contributed by atoms with van der Waals surface area (Å²) >= 11 is 0. The largest absolute Gasteiger partial charge is 0.486 e. The van der Waals surface area contributed by atoms with Gasteiger partial charge in [-0.15, -0.1) is 0 Å². The molecule has 0 atom stereocenters. The fourth-order valence-electron chi connectivity index (χ4n) is 3.61. The van der Waals surface area contributed by atoms with Crippen LogP contribution in [0, 0.1) is 0 Å². The molecule has 4 aromatic rings. The van der Waals surface area contributed by atoms with Gasteiger partial charge >= 0.3 is 0 Å². The predicted molar refractivity (Wildman–Crippen MR) is 118 cm³/mol. The molecule has 1 N–H and O–H groups in total. The zero-order valence-corrected chi connectivity index (χ0v) is 16.6. The first kappa shape index (κ1) is 18.9. The van der Waals surface area contributed by atoms with Crippen LogP contribution in [0.4, 0.5) is 5.69 Å². The zero-order chi connectivity index (χ0) is 21.2. The van der Waals surface area contributed by atoms with Crippen LogP contribution < -0.4 is 20.3 Å². The maximum atomic E-state index is 12.6. The summed E-state index contributed by atoms with van der Waals surface area (Å²) in [7, 11) is 0. The number of hydrogen-bond donors (Lipinski definition) is 1. The fraction of sp³-hybridized carbons (Fsp3) is 0.125. The number of benzene rings is 3. The van der Waals surface area contributed by atoms with Crippen molar-refractivity contribution < 1.29 is 14.3 Å². The molecule has 3 aromatic carbocycles. The molecule has 154 valence electrons. The molecule has 1 amide bonds. The summed E-state index contributed by atoms with van der Waals surface area (Å²) in [6, 6.07) is 22.2. The topological polar surface area (TPSA) is 82.5 Å². The molecular formula is C24H19N3O4. The summed E-state index contributed by atoms with van der Waals surface area (Å²) in [5.41, 5.74) is 1.75. The second-order valence-corrected chi connectivity index (χ2v) is 7.15. The van der Waals surface area contributed by atoms with Crippen LogP contribution in [-0.4, -0.2) is 28.9 Å². The van der Waals surface area contributed by atoms with Gasteiger partial charge in [0, 0.05) is 23.4 Å². The van der Waals surface area contributed by atoms with Crippen LogP contribution in [-0.2, 0) is 11.3 Å². The van der Waals surface area contributed by atoms with Gasteiger partial charge in [-0.25, -0.2) is 4.68 Å². The van der Waals surface area contributed by atoms with Crippen LogP contribution in [0.1, 0.15) is 0 Å². The second kappa shape index (κ2) is 7.95. The zero-order valence-electron chi connectivity index (χ0n) is 16.6. The predicted octanol–water partition coefficient (Wildman–Crippen LogP) is 3.47. The maximum absolute atomic E-state index is 12.6. The molecule has 7 heteroatoms. The number of nitrogens with one attached hydrogen (secondary N) is 1. The van der Waals surface area contributed by atoms with Gasteiger partial charge in [-0.1, -0.05) is 42.5 Å². The average Bonchev–Trinajstić information content (AvgIpc) is 2.80. The van der Waals surface area contributed by atoms with Gasteiger partial charge in [0.1, 0.15) is 19.8 Å². The summed E-state index contributed by atoms with van der Waals surface area (Å²) in [4.78, 5) is 24.9. The van der Waals surface area contributed by atoms with Crippen molar-refractivity contribution >= 4 is 22.4 Å². The first-order chi connectivity index (χ1) is 15.2. The highest BCUT2D eigenvalue weighted by Crippen LogP contribution is 2.32. The smallest absolute Gasteiger partial charge is 0.267 e. The van der Waals surface area contributed by atoms with Crippen LogP contribution in [0.3, 0.4) is 0 Å². The lowest BCUT2D eigenvalue weighted by Gasteiger charge is -2.19. The van der Waals surface area contributed by atoms with Crippen LogP contribution in [0.2, 0.25) is 0 Å². The number of amides is 1. The SMILES string of the molecule is O=C(Cn1nc(-c2cccc3ccccc23)ccc1=O)Nc1ccc2c(c1)OCCO2. The molecule has 2 heterocycles. The Balaban J connectivity index is 1.39.